The Morgan fingerprint density at radius 2 is 1.91 bits per heavy atom. The summed E-state index contributed by atoms with van der Waals surface area (Å²) in [6, 6.07) is 13.1. The van der Waals surface area contributed by atoms with Crippen molar-refractivity contribution in [2.45, 2.75) is 19.8 Å². The summed E-state index contributed by atoms with van der Waals surface area (Å²) in [5.41, 5.74) is 0.732. The Bertz CT molecular complexity index is 704. The normalized spacial score (nSPS) is 10.3. The first-order valence-corrected chi connectivity index (χ1v) is 7.73. The third-order valence-corrected chi connectivity index (χ3v) is 3.77. The molecule has 0 saturated carbocycles. The molecule has 0 fully saturated rings. The molecule has 0 atom stereocenters. The monoisotopic (exact) mass is 332 g/mol. The largest absolute Gasteiger partial charge is 0.308 e. The summed E-state index contributed by atoms with van der Waals surface area (Å²) in [7, 11) is 0. The van der Waals surface area contributed by atoms with E-state index in [-0.39, 0.29) is 22.2 Å². The van der Waals surface area contributed by atoms with Gasteiger partial charge in [0.25, 0.3) is 11.6 Å². The quantitative estimate of drug-likeness (QED) is 0.569. The van der Waals surface area contributed by atoms with Gasteiger partial charge in [-0.25, -0.2) is 0 Å². The maximum Gasteiger partial charge on any atom is 0.270 e. The smallest absolute Gasteiger partial charge is 0.270 e. The van der Waals surface area contributed by atoms with Gasteiger partial charge in [0, 0.05) is 24.4 Å². The van der Waals surface area contributed by atoms with Gasteiger partial charge in [-0.2, -0.15) is 0 Å². The van der Waals surface area contributed by atoms with Gasteiger partial charge in [0.05, 0.1) is 15.5 Å². The van der Waals surface area contributed by atoms with Gasteiger partial charge in [-0.1, -0.05) is 43.1 Å². The highest BCUT2D eigenvalue weighted by Crippen LogP contribution is 2.26. The zero-order valence-corrected chi connectivity index (χ0v) is 13.5. The van der Waals surface area contributed by atoms with Crippen molar-refractivity contribution in [3.63, 3.8) is 0 Å². The van der Waals surface area contributed by atoms with Crippen LogP contribution in [0, 0.1) is 10.1 Å². The molecule has 0 aliphatic carbocycles. The summed E-state index contributed by atoms with van der Waals surface area (Å²) in [6.07, 6.45) is 1.76. The Morgan fingerprint density at radius 1 is 1.22 bits per heavy atom. The van der Waals surface area contributed by atoms with Crippen LogP contribution in [0.1, 0.15) is 30.1 Å². The van der Waals surface area contributed by atoms with Crippen LogP contribution in [0.3, 0.4) is 0 Å². The molecule has 0 heterocycles. The number of hydrogen-bond donors (Lipinski definition) is 0. The minimum Gasteiger partial charge on any atom is -0.308 e. The summed E-state index contributed by atoms with van der Waals surface area (Å²) in [4.78, 5) is 24.9. The number of rotatable bonds is 6. The van der Waals surface area contributed by atoms with Crippen molar-refractivity contribution in [2.24, 2.45) is 0 Å². The number of halogens is 1. The Morgan fingerprint density at radius 3 is 2.52 bits per heavy atom. The molecule has 5 nitrogen and oxygen atoms in total. The predicted octanol–water partition coefficient (Wildman–Crippen LogP) is 4.70. The number of amides is 1. The van der Waals surface area contributed by atoms with Gasteiger partial charge in [0.2, 0.25) is 0 Å². The van der Waals surface area contributed by atoms with Crippen molar-refractivity contribution in [3.8, 4) is 0 Å². The van der Waals surface area contributed by atoms with Gasteiger partial charge >= 0.3 is 0 Å². The number of unbranched alkanes of at least 4 members (excludes halogenated alkanes) is 1. The molecule has 1 amide bonds. The van der Waals surface area contributed by atoms with E-state index in [1.807, 2.05) is 37.3 Å². The lowest BCUT2D eigenvalue weighted by Crippen LogP contribution is -2.32. The van der Waals surface area contributed by atoms with Crippen molar-refractivity contribution in [1.82, 2.24) is 0 Å². The molecule has 0 aliphatic rings. The molecule has 2 aromatic rings. The highest BCUT2D eigenvalue weighted by Gasteiger charge is 2.22. The molecule has 2 rings (SSSR count). The number of carbonyl (C=O) groups excluding carboxylic acids is 1. The highest BCUT2D eigenvalue weighted by atomic mass is 35.5. The third kappa shape index (κ3) is 4.07. The lowest BCUT2D eigenvalue weighted by molar-refractivity contribution is -0.384. The molecule has 0 bridgehead atoms. The summed E-state index contributed by atoms with van der Waals surface area (Å²) in [5, 5.41) is 11.1. The second-order valence-corrected chi connectivity index (χ2v) is 5.47. The van der Waals surface area contributed by atoms with E-state index in [1.54, 1.807) is 4.90 Å². The zero-order chi connectivity index (χ0) is 16.8. The van der Waals surface area contributed by atoms with E-state index in [0.717, 1.165) is 18.5 Å². The second kappa shape index (κ2) is 7.74. The van der Waals surface area contributed by atoms with Crippen molar-refractivity contribution in [2.75, 3.05) is 11.4 Å². The van der Waals surface area contributed by atoms with E-state index < -0.39 is 4.92 Å². The molecule has 0 N–H and O–H groups in total. The Balaban J connectivity index is 2.41. The molecule has 0 aromatic heterocycles. The molecule has 0 aliphatic heterocycles. The summed E-state index contributed by atoms with van der Waals surface area (Å²) < 4.78 is 0. The van der Waals surface area contributed by atoms with Crippen molar-refractivity contribution >= 4 is 28.9 Å². The average molecular weight is 333 g/mol. The van der Waals surface area contributed by atoms with Crippen LogP contribution in [0.15, 0.2) is 48.5 Å². The predicted molar refractivity (Wildman–Crippen MR) is 91.1 cm³/mol. The molecule has 0 radical (unpaired) electrons. The SMILES string of the molecule is CCCCN(C(=O)c1cc([N+](=O)[O-])ccc1Cl)c1ccccc1. The fraction of sp³-hybridized carbons (Fsp3) is 0.235. The van der Waals surface area contributed by atoms with Gasteiger partial charge in [-0.15, -0.1) is 0 Å². The number of anilines is 1. The highest BCUT2D eigenvalue weighted by molar-refractivity contribution is 6.34. The molecule has 0 unspecified atom stereocenters. The lowest BCUT2D eigenvalue weighted by Gasteiger charge is -2.23. The first-order valence-electron chi connectivity index (χ1n) is 7.35. The minimum atomic E-state index is -0.536. The van der Waals surface area contributed by atoms with Crippen LogP contribution in [0.5, 0.6) is 0 Å². The van der Waals surface area contributed by atoms with E-state index in [2.05, 4.69) is 0 Å². The van der Waals surface area contributed by atoms with E-state index in [9.17, 15) is 14.9 Å². The van der Waals surface area contributed by atoms with Crippen LogP contribution < -0.4 is 4.90 Å². The van der Waals surface area contributed by atoms with E-state index >= 15 is 0 Å². The molecule has 120 valence electrons. The fourth-order valence-corrected chi connectivity index (χ4v) is 2.41. The van der Waals surface area contributed by atoms with Crippen LogP contribution >= 0.6 is 11.6 Å². The second-order valence-electron chi connectivity index (χ2n) is 5.07. The third-order valence-electron chi connectivity index (χ3n) is 3.44. The number of benzene rings is 2. The molecular formula is C17H17ClN2O3. The topological polar surface area (TPSA) is 63.5 Å². The standard InChI is InChI=1S/C17H17ClN2O3/c1-2-3-11-19(13-7-5-4-6-8-13)17(21)15-12-14(20(22)23)9-10-16(15)18/h4-10,12H,2-3,11H2,1H3. The van der Waals surface area contributed by atoms with Gasteiger partial charge in [-0.05, 0) is 24.6 Å². The van der Waals surface area contributed by atoms with Crippen LogP contribution in [0.4, 0.5) is 11.4 Å². The number of para-hydroxylation sites is 1. The van der Waals surface area contributed by atoms with Gasteiger partial charge in [0.1, 0.15) is 0 Å². The van der Waals surface area contributed by atoms with Gasteiger partial charge in [0.15, 0.2) is 0 Å². The molecule has 23 heavy (non-hydrogen) atoms. The zero-order valence-electron chi connectivity index (χ0n) is 12.7. The first-order chi connectivity index (χ1) is 11.0. The first kappa shape index (κ1) is 17.0. The fourth-order valence-electron chi connectivity index (χ4n) is 2.21. The molecule has 0 spiro atoms. The maximum atomic E-state index is 12.9. The molecule has 6 heteroatoms. The summed E-state index contributed by atoms with van der Waals surface area (Å²) in [6.45, 7) is 2.56. The summed E-state index contributed by atoms with van der Waals surface area (Å²) >= 11 is 6.09. The van der Waals surface area contributed by atoms with Crippen molar-refractivity contribution < 1.29 is 9.72 Å². The molecule has 2 aromatic carbocycles. The van der Waals surface area contributed by atoms with Gasteiger partial charge < -0.3 is 4.90 Å². The lowest BCUT2D eigenvalue weighted by atomic mass is 10.1. The van der Waals surface area contributed by atoms with Crippen LogP contribution in [-0.2, 0) is 0 Å². The van der Waals surface area contributed by atoms with E-state index in [0.29, 0.717) is 6.54 Å². The van der Waals surface area contributed by atoms with Crippen LogP contribution in [0.2, 0.25) is 5.02 Å². The van der Waals surface area contributed by atoms with Gasteiger partial charge in [-0.3, -0.25) is 14.9 Å². The van der Waals surface area contributed by atoms with E-state index in [4.69, 9.17) is 11.6 Å². The van der Waals surface area contributed by atoms with Crippen LogP contribution in [-0.4, -0.2) is 17.4 Å². The minimum absolute atomic E-state index is 0.140. The van der Waals surface area contributed by atoms with Crippen molar-refractivity contribution in [3.05, 3.63) is 69.2 Å². The molecule has 0 saturated heterocycles. The number of nitrogens with zero attached hydrogens (tertiary/aromatic N) is 2. The molecular weight excluding hydrogens is 316 g/mol. The number of nitro benzene ring substituents is 1. The van der Waals surface area contributed by atoms with E-state index in [1.165, 1.54) is 18.2 Å². The maximum absolute atomic E-state index is 12.9. The Labute approximate surface area is 139 Å². The summed E-state index contributed by atoms with van der Waals surface area (Å²) in [5.74, 6) is -0.335. The number of nitro groups is 1. The average Bonchev–Trinajstić information content (AvgIpc) is 2.56. The Hall–Kier alpha value is -2.40. The van der Waals surface area contributed by atoms with Crippen LogP contribution in [0.25, 0.3) is 0 Å². The van der Waals surface area contributed by atoms with Crippen molar-refractivity contribution in [1.29, 1.82) is 0 Å². The number of hydrogen-bond acceptors (Lipinski definition) is 3. The number of non-ortho nitro benzene ring substituents is 1. The number of carbonyl (C=O) groups is 1. The Kier molecular flexibility index (Phi) is 5.71.